The molecule has 144 valence electrons. The SMILES string of the molecule is NC1CCCN(C(=O)c2ccc3c(c2)C(=O)N(CCc2ccccc2)C3=O)C1. The van der Waals surface area contributed by atoms with E-state index in [-0.39, 0.29) is 23.8 Å². The van der Waals surface area contributed by atoms with Crippen LogP contribution in [0.3, 0.4) is 0 Å². The molecule has 2 aromatic rings. The van der Waals surface area contributed by atoms with Crippen LogP contribution in [0.25, 0.3) is 0 Å². The number of hydrogen-bond donors (Lipinski definition) is 1. The molecule has 6 nitrogen and oxygen atoms in total. The molecule has 1 saturated heterocycles. The molecule has 2 aliphatic rings. The van der Waals surface area contributed by atoms with Gasteiger partial charge >= 0.3 is 0 Å². The molecule has 28 heavy (non-hydrogen) atoms. The van der Waals surface area contributed by atoms with Crippen LogP contribution in [0.15, 0.2) is 48.5 Å². The summed E-state index contributed by atoms with van der Waals surface area (Å²) in [5, 5.41) is 0. The molecule has 1 unspecified atom stereocenters. The Hall–Kier alpha value is -2.99. The molecule has 0 radical (unpaired) electrons. The highest BCUT2D eigenvalue weighted by Gasteiger charge is 2.36. The maximum atomic E-state index is 12.8. The lowest BCUT2D eigenvalue weighted by atomic mass is 10.0. The van der Waals surface area contributed by atoms with Gasteiger partial charge in [-0.25, -0.2) is 0 Å². The fourth-order valence-corrected chi connectivity index (χ4v) is 3.89. The number of piperidine rings is 1. The molecule has 2 heterocycles. The van der Waals surface area contributed by atoms with Gasteiger partial charge < -0.3 is 10.6 Å². The van der Waals surface area contributed by atoms with Crippen LogP contribution in [0.4, 0.5) is 0 Å². The van der Waals surface area contributed by atoms with Crippen LogP contribution >= 0.6 is 0 Å². The number of carbonyl (C=O) groups is 3. The van der Waals surface area contributed by atoms with Gasteiger partial charge in [-0.05, 0) is 43.0 Å². The molecule has 3 amide bonds. The number of likely N-dealkylation sites (tertiary alicyclic amines) is 1. The van der Waals surface area contributed by atoms with Crippen LogP contribution < -0.4 is 5.73 Å². The average Bonchev–Trinajstić information content (AvgIpc) is 2.96. The zero-order chi connectivity index (χ0) is 19.7. The molecule has 4 rings (SSSR count). The summed E-state index contributed by atoms with van der Waals surface area (Å²) in [6.45, 7) is 1.51. The van der Waals surface area contributed by atoms with Gasteiger partial charge in [-0.2, -0.15) is 0 Å². The lowest BCUT2D eigenvalue weighted by Gasteiger charge is -2.30. The summed E-state index contributed by atoms with van der Waals surface area (Å²) < 4.78 is 0. The first-order valence-electron chi connectivity index (χ1n) is 9.63. The van der Waals surface area contributed by atoms with Crippen LogP contribution in [0, 0.1) is 0 Å². The number of imide groups is 1. The molecule has 1 atom stereocenters. The first-order valence-corrected chi connectivity index (χ1v) is 9.63. The van der Waals surface area contributed by atoms with E-state index in [1.165, 1.54) is 4.90 Å². The lowest BCUT2D eigenvalue weighted by Crippen LogP contribution is -2.45. The summed E-state index contributed by atoms with van der Waals surface area (Å²) in [5.41, 5.74) is 8.14. The molecule has 2 N–H and O–H groups in total. The Morgan fingerprint density at radius 3 is 2.54 bits per heavy atom. The minimum atomic E-state index is -0.332. The number of amides is 3. The van der Waals surface area contributed by atoms with Gasteiger partial charge in [0.15, 0.2) is 0 Å². The predicted molar refractivity (Wildman–Crippen MR) is 105 cm³/mol. The first kappa shape index (κ1) is 18.4. The van der Waals surface area contributed by atoms with Gasteiger partial charge in [0.25, 0.3) is 17.7 Å². The average molecular weight is 377 g/mol. The largest absolute Gasteiger partial charge is 0.337 e. The van der Waals surface area contributed by atoms with Crippen molar-refractivity contribution in [1.29, 1.82) is 0 Å². The second-order valence-electron chi connectivity index (χ2n) is 7.41. The smallest absolute Gasteiger partial charge is 0.261 e. The number of carbonyl (C=O) groups excluding carboxylic acids is 3. The fourth-order valence-electron chi connectivity index (χ4n) is 3.89. The highest BCUT2D eigenvalue weighted by Crippen LogP contribution is 2.25. The Balaban J connectivity index is 1.51. The number of fused-ring (bicyclic) bond motifs is 1. The molecule has 0 aliphatic carbocycles. The van der Waals surface area contributed by atoms with Gasteiger partial charge in [-0.1, -0.05) is 30.3 Å². The minimum absolute atomic E-state index is 0.0104. The lowest BCUT2D eigenvalue weighted by molar-refractivity contribution is 0.0655. The fraction of sp³-hybridized carbons (Fsp3) is 0.318. The maximum Gasteiger partial charge on any atom is 0.261 e. The van der Waals surface area contributed by atoms with Crippen molar-refractivity contribution in [3.63, 3.8) is 0 Å². The summed E-state index contributed by atoms with van der Waals surface area (Å²) in [4.78, 5) is 41.2. The van der Waals surface area contributed by atoms with E-state index in [9.17, 15) is 14.4 Å². The Bertz CT molecular complexity index is 926. The second-order valence-corrected chi connectivity index (χ2v) is 7.41. The summed E-state index contributed by atoms with van der Waals surface area (Å²) in [7, 11) is 0. The van der Waals surface area contributed by atoms with Crippen LogP contribution in [0.2, 0.25) is 0 Å². The zero-order valence-corrected chi connectivity index (χ0v) is 15.6. The molecule has 1 fully saturated rings. The van der Waals surface area contributed by atoms with Crippen molar-refractivity contribution in [3.8, 4) is 0 Å². The topological polar surface area (TPSA) is 83.7 Å². The molecule has 2 aromatic carbocycles. The van der Waals surface area contributed by atoms with Gasteiger partial charge in [0.2, 0.25) is 0 Å². The number of hydrogen-bond acceptors (Lipinski definition) is 4. The standard InChI is InChI=1S/C22H23N3O3/c23-17-7-4-11-24(14-17)20(26)16-8-9-18-19(13-16)22(28)25(21(18)27)12-10-15-5-2-1-3-6-15/h1-3,5-6,8-9,13,17H,4,7,10-12,14,23H2. The van der Waals surface area contributed by atoms with E-state index in [1.54, 1.807) is 23.1 Å². The van der Waals surface area contributed by atoms with Crippen molar-refractivity contribution in [2.24, 2.45) is 5.73 Å². The molecule has 6 heteroatoms. The normalized spacial score (nSPS) is 19.1. The van der Waals surface area contributed by atoms with Crippen molar-refractivity contribution >= 4 is 17.7 Å². The Morgan fingerprint density at radius 1 is 1.04 bits per heavy atom. The van der Waals surface area contributed by atoms with Crippen molar-refractivity contribution in [1.82, 2.24) is 9.80 Å². The number of nitrogens with zero attached hydrogens (tertiary/aromatic N) is 2. The highest BCUT2D eigenvalue weighted by molar-refractivity contribution is 6.22. The molecule has 0 bridgehead atoms. The van der Waals surface area contributed by atoms with E-state index >= 15 is 0 Å². The van der Waals surface area contributed by atoms with Crippen molar-refractivity contribution in [3.05, 3.63) is 70.8 Å². The highest BCUT2D eigenvalue weighted by atomic mass is 16.2. The summed E-state index contributed by atoms with van der Waals surface area (Å²) in [6, 6.07) is 14.5. The second kappa shape index (κ2) is 7.56. The summed E-state index contributed by atoms with van der Waals surface area (Å²) >= 11 is 0. The van der Waals surface area contributed by atoms with Crippen LogP contribution in [-0.2, 0) is 6.42 Å². The van der Waals surface area contributed by atoms with E-state index in [2.05, 4.69) is 0 Å². The van der Waals surface area contributed by atoms with Gasteiger partial charge in [0.1, 0.15) is 0 Å². The number of nitrogens with two attached hydrogens (primary N) is 1. The van der Waals surface area contributed by atoms with Gasteiger partial charge in [-0.15, -0.1) is 0 Å². The van der Waals surface area contributed by atoms with Gasteiger partial charge in [0, 0.05) is 31.2 Å². The van der Waals surface area contributed by atoms with Crippen LogP contribution in [0.5, 0.6) is 0 Å². The van der Waals surface area contributed by atoms with Crippen molar-refractivity contribution in [2.45, 2.75) is 25.3 Å². The number of benzene rings is 2. The van der Waals surface area contributed by atoms with Gasteiger partial charge in [-0.3, -0.25) is 19.3 Å². The Labute approximate surface area is 163 Å². The monoisotopic (exact) mass is 377 g/mol. The molecular weight excluding hydrogens is 354 g/mol. The summed E-state index contributed by atoms with van der Waals surface area (Å²) in [6.07, 6.45) is 2.39. The quantitative estimate of drug-likeness (QED) is 0.827. The zero-order valence-electron chi connectivity index (χ0n) is 15.6. The van der Waals surface area contributed by atoms with E-state index in [0.717, 1.165) is 18.4 Å². The van der Waals surface area contributed by atoms with E-state index in [4.69, 9.17) is 5.73 Å². The Morgan fingerprint density at radius 2 is 1.79 bits per heavy atom. The molecule has 2 aliphatic heterocycles. The Kier molecular flexibility index (Phi) is 4.96. The van der Waals surface area contributed by atoms with E-state index in [1.807, 2.05) is 30.3 Å². The van der Waals surface area contributed by atoms with Crippen molar-refractivity contribution < 1.29 is 14.4 Å². The maximum absolute atomic E-state index is 12.8. The van der Waals surface area contributed by atoms with Crippen LogP contribution in [-0.4, -0.2) is 53.2 Å². The summed E-state index contributed by atoms with van der Waals surface area (Å²) in [5.74, 6) is -0.767. The third-order valence-corrected chi connectivity index (χ3v) is 5.43. The number of rotatable bonds is 4. The third kappa shape index (κ3) is 3.43. The molecule has 0 saturated carbocycles. The molecule has 0 aromatic heterocycles. The molecular formula is C22H23N3O3. The predicted octanol–water partition coefficient (Wildman–Crippen LogP) is 2.09. The first-order chi connectivity index (χ1) is 13.5. The van der Waals surface area contributed by atoms with Crippen molar-refractivity contribution in [2.75, 3.05) is 19.6 Å². The van der Waals surface area contributed by atoms with E-state index in [0.29, 0.717) is 42.7 Å². The minimum Gasteiger partial charge on any atom is -0.337 e. The molecule has 0 spiro atoms. The van der Waals surface area contributed by atoms with Crippen LogP contribution in [0.1, 0.15) is 49.5 Å². The third-order valence-electron chi connectivity index (χ3n) is 5.43. The van der Waals surface area contributed by atoms with Gasteiger partial charge in [0.05, 0.1) is 11.1 Å². The van der Waals surface area contributed by atoms with E-state index < -0.39 is 0 Å².